The number of hydrogen-bond acceptors (Lipinski definition) is 3. The van der Waals surface area contributed by atoms with E-state index in [-0.39, 0.29) is 14.0 Å². The fourth-order valence-electron chi connectivity index (χ4n) is 2.03. The zero-order valence-corrected chi connectivity index (χ0v) is 12.5. The van der Waals surface area contributed by atoms with Gasteiger partial charge in [-0.1, -0.05) is 18.2 Å². The molecule has 0 radical (unpaired) electrons. The van der Waals surface area contributed by atoms with Crippen LogP contribution in [0.4, 0.5) is 0 Å². The van der Waals surface area contributed by atoms with Gasteiger partial charge in [0, 0.05) is 0 Å². The lowest BCUT2D eigenvalue weighted by atomic mass is 9.49. The van der Waals surface area contributed by atoms with Crippen molar-refractivity contribution in [2.24, 2.45) is 0 Å². The summed E-state index contributed by atoms with van der Waals surface area (Å²) in [6, 6.07) is 0. The number of halogens is 3. The van der Waals surface area contributed by atoms with Crippen LogP contribution in [0.1, 0.15) is 0 Å². The van der Waals surface area contributed by atoms with Crippen LogP contribution in [0.3, 0.4) is 0 Å². The van der Waals surface area contributed by atoms with Gasteiger partial charge in [0.25, 0.3) is 0 Å². The van der Waals surface area contributed by atoms with Crippen LogP contribution in [0.15, 0.2) is 38.0 Å². The van der Waals surface area contributed by atoms with Crippen molar-refractivity contribution in [2.75, 3.05) is 6.54 Å². The summed E-state index contributed by atoms with van der Waals surface area (Å²) in [7, 11) is 0. The van der Waals surface area contributed by atoms with Gasteiger partial charge in [0.1, 0.15) is 0 Å². The molecule has 0 aromatic heterocycles. The first kappa shape index (κ1) is 16.2. The Morgan fingerprint density at radius 2 is 1.33 bits per heavy atom. The van der Waals surface area contributed by atoms with E-state index < -0.39 is 6.40 Å². The first-order valence-electron chi connectivity index (χ1n) is 5.69. The molecule has 1 aliphatic rings. The molecule has 0 N–H and O–H groups in total. The maximum Gasteiger partial charge on any atom is 0.427 e. The molecule has 0 aromatic rings. The van der Waals surface area contributed by atoms with Crippen LogP contribution in [0.2, 0.25) is 12.6 Å². The highest BCUT2D eigenvalue weighted by atomic mass is 35.5. The second kappa shape index (κ2) is 7.68. The molecule has 96 valence electrons. The van der Waals surface area contributed by atoms with Crippen LogP contribution in [-0.2, 0) is 0 Å². The fourth-order valence-corrected chi connectivity index (χ4v) is 2.91. The van der Waals surface area contributed by atoms with E-state index in [4.69, 9.17) is 35.0 Å². The molecule has 3 nitrogen and oxygen atoms in total. The van der Waals surface area contributed by atoms with E-state index >= 15 is 0 Å². The van der Waals surface area contributed by atoms with Gasteiger partial charge >= 0.3 is 20.4 Å². The minimum atomic E-state index is -0.579. The third kappa shape index (κ3) is 3.38. The quantitative estimate of drug-likeness (QED) is 0.424. The van der Waals surface area contributed by atoms with Crippen molar-refractivity contribution in [2.45, 2.75) is 12.6 Å². The van der Waals surface area contributed by atoms with Crippen molar-refractivity contribution in [1.29, 1.82) is 0 Å². The van der Waals surface area contributed by atoms with E-state index in [1.807, 2.05) is 18.2 Å². The van der Waals surface area contributed by atoms with Gasteiger partial charge in [-0.25, -0.2) is 0 Å². The lowest BCUT2D eigenvalue weighted by Crippen LogP contribution is -2.71. The molecule has 1 heterocycles. The van der Waals surface area contributed by atoms with Gasteiger partial charge in [0.05, 0.1) is 0 Å². The van der Waals surface area contributed by atoms with Crippen molar-refractivity contribution in [3.63, 3.8) is 0 Å². The van der Waals surface area contributed by atoms with Crippen LogP contribution in [0.25, 0.3) is 0 Å². The van der Waals surface area contributed by atoms with Crippen LogP contribution in [0.5, 0.6) is 0 Å². The van der Waals surface area contributed by atoms with E-state index in [1.54, 1.807) is 0 Å². The molecule has 1 rings (SSSR count). The molecule has 0 saturated carbocycles. The Kier molecular flexibility index (Phi) is 6.92. The minimum Gasteiger partial charge on any atom is -0.352 e. The van der Waals surface area contributed by atoms with Crippen molar-refractivity contribution in [3.05, 3.63) is 38.0 Å². The number of rotatable bonds is 6. The monoisotopic (exact) mass is 303 g/mol. The Morgan fingerprint density at radius 1 is 0.889 bits per heavy atom. The average Bonchev–Trinajstić information content (AvgIpc) is 2.36. The first-order chi connectivity index (χ1) is 8.58. The third-order valence-corrected chi connectivity index (χ3v) is 4.28. The van der Waals surface area contributed by atoms with Crippen LogP contribution < -0.4 is 0 Å². The predicted molar refractivity (Wildman–Crippen MR) is 85.4 cm³/mol. The molecule has 18 heavy (non-hydrogen) atoms. The molecule has 0 spiro atoms. The van der Waals surface area contributed by atoms with Crippen LogP contribution >= 0.6 is 35.0 Å². The minimum absolute atomic E-state index is 0.0652. The van der Waals surface area contributed by atoms with Gasteiger partial charge in [-0.15, -0.1) is 31.2 Å². The summed E-state index contributed by atoms with van der Waals surface area (Å²) in [6.07, 6.45) is 6.25. The van der Waals surface area contributed by atoms with Gasteiger partial charge in [0.2, 0.25) is 0 Å². The zero-order chi connectivity index (χ0) is 13.7. The maximum absolute atomic E-state index is 6.23. The number of nitrogens with zero attached hydrogens (tertiary/aromatic N) is 3. The second-order valence-corrected chi connectivity index (χ2v) is 5.17. The highest BCUT2D eigenvalue weighted by Crippen LogP contribution is 2.28. The maximum atomic E-state index is 6.23. The average molecular weight is 304 g/mol. The number of allylic oxidation sites excluding steroid dienone is 2. The second-order valence-electron chi connectivity index (χ2n) is 3.99. The zero-order valence-electron chi connectivity index (χ0n) is 10.2. The van der Waals surface area contributed by atoms with Gasteiger partial charge in [0.15, 0.2) is 0 Å². The lowest BCUT2D eigenvalue weighted by Gasteiger charge is -2.46. The summed E-state index contributed by atoms with van der Waals surface area (Å²) >= 11 is 18.7. The Balaban J connectivity index is 3.01. The molecular formula is C9H15B3Cl3N3. The standard InChI is InChI=1S/C9H15B3Cl3N3/c1-4-7-10-16(9-6-3)11(8-5-2)18(15)12(13)17(10)14/h4-6H,1-3,7-9H2. The molecule has 9 heteroatoms. The molecule has 0 unspecified atom stereocenters. The Bertz CT molecular complexity index is 297. The van der Waals surface area contributed by atoms with Crippen LogP contribution in [-0.4, -0.2) is 40.1 Å². The Hall–Kier alpha value is 0.165. The smallest absolute Gasteiger partial charge is 0.352 e. The van der Waals surface area contributed by atoms with Crippen molar-refractivity contribution >= 4 is 55.4 Å². The van der Waals surface area contributed by atoms with Gasteiger partial charge in [-0.2, -0.15) is 0 Å². The first-order valence-corrected chi connectivity index (χ1v) is 6.80. The van der Waals surface area contributed by atoms with Crippen molar-refractivity contribution in [1.82, 2.24) is 13.2 Å². The summed E-state index contributed by atoms with van der Waals surface area (Å²) in [5.74, 6) is 0. The summed E-state index contributed by atoms with van der Waals surface area (Å²) in [4.78, 5) is 0. The molecule has 1 saturated heterocycles. The Labute approximate surface area is 126 Å². The molecule has 0 atom stereocenters. The van der Waals surface area contributed by atoms with E-state index in [0.29, 0.717) is 19.2 Å². The SMILES string of the molecule is C=CCB1N(Cl)B(Cl)N(Cl)B(CC=C)N1CC=C. The molecule has 1 aliphatic heterocycles. The molecule has 1 fully saturated rings. The van der Waals surface area contributed by atoms with Gasteiger partial charge in [-0.05, 0) is 42.7 Å². The highest BCUT2D eigenvalue weighted by molar-refractivity contribution is 7.15. The normalized spacial score (nSPS) is 19.2. The predicted octanol–water partition coefficient (Wildman–Crippen LogP) is 2.97. The van der Waals surface area contributed by atoms with Crippen molar-refractivity contribution < 1.29 is 0 Å². The lowest BCUT2D eigenvalue weighted by molar-refractivity contribution is 0.610. The summed E-state index contributed by atoms with van der Waals surface area (Å²) < 4.78 is 5.12. The van der Waals surface area contributed by atoms with Gasteiger partial charge in [-0.3, -0.25) is 8.48 Å². The van der Waals surface area contributed by atoms with E-state index in [9.17, 15) is 0 Å². The Morgan fingerprint density at radius 3 is 1.67 bits per heavy atom. The number of hydrogen-bond donors (Lipinski definition) is 0. The van der Waals surface area contributed by atoms with E-state index in [2.05, 4.69) is 24.5 Å². The highest BCUT2D eigenvalue weighted by Gasteiger charge is 2.50. The third-order valence-electron chi connectivity index (χ3n) is 2.84. The van der Waals surface area contributed by atoms with Gasteiger partial charge < -0.3 is 4.72 Å². The topological polar surface area (TPSA) is 9.72 Å². The molecule has 0 amide bonds. The van der Waals surface area contributed by atoms with E-state index in [1.165, 1.54) is 8.48 Å². The largest absolute Gasteiger partial charge is 0.427 e. The summed E-state index contributed by atoms with van der Waals surface area (Å²) in [5, 5.41) is 0. The summed E-state index contributed by atoms with van der Waals surface area (Å²) in [6.45, 7) is 11.8. The van der Waals surface area contributed by atoms with Crippen LogP contribution in [0, 0.1) is 0 Å². The summed E-state index contributed by atoms with van der Waals surface area (Å²) in [5.41, 5.74) is 0. The molecule has 0 bridgehead atoms. The molecule has 0 aliphatic carbocycles. The molecule has 0 aromatic carbocycles. The van der Waals surface area contributed by atoms with Crippen molar-refractivity contribution in [3.8, 4) is 0 Å². The van der Waals surface area contributed by atoms with E-state index in [0.717, 1.165) is 0 Å². The molecular weight excluding hydrogens is 289 g/mol. The fraction of sp³-hybridized carbons (Fsp3) is 0.333.